The molecule has 0 spiro atoms. The van der Waals surface area contributed by atoms with E-state index in [9.17, 15) is 13.2 Å². The zero-order valence-corrected chi connectivity index (χ0v) is 11.3. The van der Waals surface area contributed by atoms with Crippen LogP contribution in [0.5, 0.6) is 0 Å². The number of halogens is 4. The van der Waals surface area contributed by atoms with Gasteiger partial charge < -0.3 is 4.90 Å². The summed E-state index contributed by atoms with van der Waals surface area (Å²) in [5, 5.41) is 0. The van der Waals surface area contributed by atoms with E-state index in [4.69, 9.17) is 0 Å². The molecular weight excluding hydrogens is 344 g/mol. The minimum Gasteiger partial charge on any atom is -0.356 e. The molecule has 0 N–H and O–H groups in total. The van der Waals surface area contributed by atoms with Gasteiger partial charge in [0.25, 0.3) is 0 Å². The predicted molar refractivity (Wildman–Crippen MR) is 68.0 cm³/mol. The number of pyridine rings is 1. The first-order chi connectivity index (χ1) is 7.98. The maximum atomic E-state index is 12.6. The molecule has 94 valence electrons. The lowest BCUT2D eigenvalue weighted by Gasteiger charge is -2.29. The molecule has 1 aliphatic rings. The van der Waals surface area contributed by atoms with Crippen molar-refractivity contribution >= 4 is 28.4 Å². The predicted octanol–water partition coefficient (Wildman–Crippen LogP) is 3.70. The van der Waals surface area contributed by atoms with Crippen LogP contribution >= 0.6 is 22.6 Å². The Balaban J connectivity index is 2.31. The number of alkyl halides is 3. The largest absolute Gasteiger partial charge is 0.433 e. The Kier molecular flexibility index (Phi) is 3.79. The number of piperidine rings is 1. The lowest BCUT2D eigenvalue weighted by Crippen LogP contribution is -2.31. The van der Waals surface area contributed by atoms with Crippen LogP contribution in [0.15, 0.2) is 12.1 Å². The molecule has 0 bridgehead atoms. The molecule has 0 saturated carbocycles. The van der Waals surface area contributed by atoms with Gasteiger partial charge in [0.05, 0.1) is 3.57 Å². The first kappa shape index (κ1) is 12.9. The molecule has 17 heavy (non-hydrogen) atoms. The van der Waals surface area contributed by atoms with E-state index in [2.05, 4.69) is 4.98 Å². The molecule has 1 aromatic rings. The maximum absolute atomic E-state index is 12.6. The summed E-state index contributed by atoms with van der Waals surface area (Å²) in [6.07, 6.45) is -1.18. The van der Waals surface area contributed by atoms with Gasteiger partial charge in [0, 0.05) is 13.1 Å². The van der Waals surface area contributed by atoms with Crippen molar-refractivity contribution in [3.8, 4) is 0 Å². The molecule has 0 radical (unpaired) electrons. The first-order valence-corrected chi connectivity index (χ1v) is 6.55. The van der Waals surface area contributed by atoms with E-state index in [0.29, 0.717) is 5.82 Å². The summed E-state index contributed by atoms with van der Waals surface area (Å²) < 4.78 is 38.5. The number of anilines is 1. The highest BCUT2D eigenvalue weighted by Crippen LogP contribution is 2.31. The zero-order chi connectivity index (χ0) is 12.5. The third-order valence-corrected chi connectivity index (χ3v) is 3.62. The van der Waals surface area contributed by atoms with Gasteiger partial charge in [0.15, 0.2) is 0 Å². The van der Waals surface area contributed by atoms with Crippen molar-refractivity contribution in [3.63, 3.8) is 0 Å². The molecule has 2 rings (SSSR count). The standard InChI is InChI=1S/C11H12F3IN2/c12-11(13,14)9-5-4-8(15)10(16-9)17-6-2-1-3-7-17/h4-5H,1-3,6-7H2. The first-order valence-electron chi connectivity index (χ1n) is 5.47. The normalized spacial score (nSPS) is 17.3. The lowest BCUT2D eigenvalue weighted by molar-refractivity contribution is -0.141. The van der Waals surface area contributed by atoms with Crippen LogP contribution in [0.4, 0.5) is 19.0 Å². The third-order valence-electron chi connectivity index (χ3n) is 2.77. The maximum Gasteiger partial charge on any atom is 0.433 e. The molecular formula is C11H12F3IN2. The average molecular weight is 356 g/mol. The van der Waals surface area contributed by atoms with Crippen molar-refractivity contribution in [1.29, 1.82) is 0 Å². The molecule has 1 fully saturated rings. The van der Waals surface area contributed by atoms with Gasteiger partial charge in [-0.2, -0.15) is 13.2 Å². The zero-order valence-electron chi connectivity index (χ0n) is 9.10. The van der Waals surface area contributed by atoms with E-state index >= 15 is 0 Å². The fraction of sp³-hybridized carbons (Fsp3) is 0.545. The van der Waals surface area contributed by atoms with Crippen LogP contribution in [0.25, 0.3) is 0 Å². The fourth-order valence-electron chi connectivity index (χ4n) is 1.92. The van der Waals surface area contributed by atoms with Crippen molar-refractivity contribution in [2.24, 2.45) is 0 Å². The fourth-order valence-corrected chi connectivity index (χ4v) is 2.56. The molecule has 0 amide bonds. The van der Waals surface area contributed by atoms with E-state index < -0.39 is 11.9 Å². The molecule has 2 heterocycles. The molecule has 0 unspecified atom stereocenters. The van der Waals surface area contributed by atoms with Crippen LogP contribution in [0.1, 0.15) is 25.0 Å². The van der Waals surface area contributed by atoms with Crippen molar-refractivity contribution in [3.05, 3.63) is 21.4 Å². The number of nitrogens with zero attached hydrogens (tertiary/aromatic N) is 2. The van der Waals surface area contributed by atoms with Gasteiger partial charge in [0.2, 0.25) is 0 Å². The Morgan fingerprint density at radius 2 is 1.76 bits per heavy atom. The summed E-state index contributed by atoms with van der Waals surface area (Å²) in [5.74, 6) is 0.472. The number of hydrogen-bond acceptors (Lipinski definition) is 2. The van der Waals surface area contributed by atoms with E-state index in [1.807, 2.05) is 27.5 Å². The highest BCUT2D eigenvalue weighted by Gasteiger charge is 2.33. The second-order valence-corrected chi connectivity index (χ2v) is 5.21. The molecule has 2 nitrogen and oxygen atoms in total. The van der Waals surface area contributed by atoms with Crippen LogP contribution in [-0.4, -0.2) is 18.1 Å². The number of rotatable bonds is 1. The van der Waals surface area contributed by atoms with Gasteiger partial charge in [-0.1, -0.05) is 0 Å². The van der Waals surface area contributed by atoms with E-state index in [1.165, 1.54) is 6.07 Å². The second kappa shape index (κ2) is 4.99. The summed E-state index contributed by atoms with van der Waals surface area (Å²) >= 11 is 2.04. The minimum atomic E-state index is -4.37. The van der Waals surface area contributed by atoms with Gasteiger partial charge in [-0.05, 0) is 54.0 Å². The third kappa shape index (κ3) is 3.02. The number of aromatic nitrogens is 1. The van der Waals surface area contributed by atoms with Crippen LogP contribution < -0.4 is 4.90 Å². The Bertz CT molecular complexity index is 400. The van der Waals surface area contributed by atoms with Crippen LogP contribution in [0.3, 0.4) is 0 Å². The molecule has 6 heteroatoms. The highest BCUT2D eigenvalue weighted by molar-refractivity contribution is 14.1. The summed E-state index contributed by atoms with van der Waals surface area (Å²) in [4.78, 5) is 5.71. The second-order valence-electron chi connectivity index (χ2n) is 4.05. The lowest BCUT2D eigenvalue weighted by atomic mass is 10.1. The highest BCUT2D eigenvalue weighted by atomic mass is 127. The summed E-state index contributed by atoms with van der Waals surface area (Å²) in [6, 6.07) is 2.52. The summed E-state index contributed by atoms with van der Waals surface area (Å²) in [5.41, 5.74) is -0.807. The minimum absolute atomic E-state index is 0.472. The van der Waals surface area contributed by atoms with Crippen LogP contribution in [0.2, 0.25) is 0 Å². The van der Waals surface area contributed by atoms with Crippen molar-refractivity contribution in [2.75, 3.05) is 18.0 Å². The SMILES string of the molecule is FC(F)(F)c1ccc(I)c(N2CCCCC2)n1. The Morgan fingerprint density at radius 3 is 2.35 bits per heavy atom. The molecule has 0 atom stereocenters. The van der Waals surface area contributed by atoms with Crippen LogP contribution in [-0.2, 0) is 6.18 Å². The smallest absolute Gasteiger partial charge is 0.356 e. The van der Waals surface area contributed by atoms with Gasteiger partial charge in [-0.25, -0.2) is 4.98 Å². The van der Waals surface area contributed by atoms with Crippen molar-refractivity contribution in [2.45, 2.75) is 25.4 Å². The van der Waals surface area contributed by atoms with Gasteiger partial charge >= 0.3 is 6.18 Å². The van der Waals surface area contributed by atoms with E-state index in [-0.39, 0.29) is 0 Å². The molecule has 1 aliphatic heterocycles. The van der Waals surface area contributed by atoms with Crippen LogP contribution in [0, 0.1) is 3.57 Å². The summed E-state index contributed by atoms with van der Waals surface area (Å²) in [7, 11) is 0. The van der Waals surface area contributed by atoms with Crippen molar-refractivity contribution in [1.82, 2.24) is 4.98 Å². The van der Waals surface area contributed by atoms with Crippen molar-refractivity contribution < 1.29 is 13.2 Å². The van der Waals surface area contributed by atoms with E-state index in [0.717, 1.165) is 42.0 Å². The molecule has 0 aliphatic carbocycles. The monoisotopic (exact) mass is 356 g/mol. The molecule has 0 aromatic carbocycles. The number of hydrogen-bond donors (Lipinski definition) is 0. The molecule has 1 saturated heterocycles. The van der Waals surface area contributed by atoms with E-state index in [1.54, 1.807) is 0 Å². The molecule has 1 aromatic heterocycles. The average Bonchev–Trinajstić information content (AvgIpc) is 2.29. The Hall–Kier alpha value is -0.530. The van der Waals surface area contributed by atoms with Gasteiger partial charge in [-0.15, -0.1) is 0 Å². The van der Waals surface area contributed by atoms with Gasteiger partial charge in [-0.3, -0.25) is 0 Å². The Morgan fingerprint density at radius 1 is 1.12 bits per heavy atom. The summed E-state index contributed by atoms with van der Waals surface area (Å²) in [6.45, 7) is 1.59. The topological polar surface area (TPSA) is 16.1 Å². The Labute approximate surface area is 111 Å². The van der Waals surface area contributed by atoms with Gasteiger partial charge in [0.1, 0.15) is 11.5 Å². The quantitative estimate of drug-likeness (QED) is 0.714.